The van der Waals surface area contributed by atoms with E-state index in [2.05, 4.69) is 75.7 Å². The topological polar surface area (TPSA) is 0 Å². The van der Waals surface area contributed by atoms with Crippen LogP contribution in [0.3, 0.4) is 0 Å². The molecule has 0 aromatic heterocycles. The second kappa shape index (κ2) is 5.97. The smallest absolute Gasteiger partial charge is 0 e. The molecule has 22 heavy (non-hydrogen) atoms. The number of rotatable bonds is 2. The largest absolute Gasteiger partial charge is 0.161 e. The third kappa shape index (κ3) is 2.58. The van der Waals surface area contributed by atoms with Crippen molar-refractivity contribution in [2.45, 2.75) is 69.2 Å². The summed E-state index contributed by atoms with van der Waals surface area (Å²) in [4.78, 5) is 0. The number of hydrogen-bond acceptors (Lipinski definition) is 0. The summed E-state index contributed by atoms with van der Waals surface area (Å²) >= 11 is 0. The monoisotopic (exact) mass is 373 g/mol. The van der Waals surface area contributed by atoms with Crippen LogP contribution >= 0.6 is 0 Å². The van der Waals surface area contributed by atoms with Crippen molar-refractivity contribution in [3.05, 3.63) is 51.0 Å². The second-order valence-corrected chi connectivity index (χ2v) is 7.97. The van der Waals surface area contributed by atoms with E-state index < -0.39 is 0 Å². The van der Waals surface area contributed by atoms with Crippen LogP contribution in [0.5, 0.6) is 0 Å². The van der Waals surface area contributed by atoms with Gasteiger partial charge in [0.1, 0.15) is 0 Å². The molecule has 0 spiro atoms. The number of hydrogen-bond donors (Lipinski definition) is 0. The molecule has 2 aliphatic rings. The van der Waals surface area contributed by atoms with Crippen molar-refractivity contribution in [3.63, 3.8) is 0 Å². The molecule has 0 amide bonds. The Bertz CT molecular complexity index is 575. The van der Waals surface area contributed by atoms with Crippen LogP contribution in [-0.2, 0) is 26.2 Å². The first-order chi connectivity index (χ1) is 9.44. The first kappa shape index (κ1) is 19.8. The molecular weight excluding hydrogens is 343 g/mol. The van der Waals surface area contributed by atoms with Crippen molar-refractivity contribution >= 4 is 0 Å². The molecule has 0 nitrogen and oxygen atoms in total. The number of allylic oxidation sites excluding steroid dienone is 8. The zero-order valence-electron chi connectivity index (χ0n) is 16.1. The van der Waals surface area contributed by atoms with Crippen LogP contribution in [0.2, 0.25) is 0 Å². The standard InChI is InChI=1S/C21H31.Zr/c1-12-14(3)18(20(7,8)16(12)5)11-19-15(4)13(2)17(6)21(19,9)10;/h11H,1-10H3;/q-1;. The van der Waals surface area contributed by atoms with Crippen molar-refractivity contribution in [1.82, 2.24) is 0 Å². The Morgan fingerprint density at radius 1 is 0.545 bits per heavy atom. The molecule has 0 aromatic rings. The van der Waals surface area contributed by atoms with Gasteiger partial charge in [0.2, 0.25) is 0 Å². The Morgan fingerprint density at radius 3 is 1.00 bits per heavy atom. The molecule has 0 aliphatic heterocycles. The van der Waals surface area contributed by atoms with Gasteiger partial charge in [-0.15, -0.1) is 33.4 Å². The summed E-state index contributed by atoms with van der Waals surface area (Å²) in [6, 6.07) is 0. The van der Waals surface area contributed by atoms with E-state index in [0.717, 1.165) is 0 Å². The Hall–Kier alpha value is -0.287. The van der Waals surface area contributed by atoms with E-state index in [0.29, 0.717) is 0 Å². The Morgan fingerprint density at radius 2 is 0.818 bits per heavy atom. The van der Waals surface area contributed by atoms with Crippen LogP contribution in [0.25, 0.3) is 0 Å². The maximum atomic E-state index is 2.49. The first-order valence-corrected chi connectivity index (χ1v) is 8.08. The molecule has 0 unspecified atom stereocenters. The van der Waals surface area contributed by atoms with Gasteiger partial charge in [-0.25, -0.2) is 0 Å². The van der Waals surface area contributed by atoms with Gasteiger partial charge in [0.05, 0.1) is 0 Å². The van der Waals surface area contributed by atoms with Gasteiger partial charge in [0.25, 0.3) is 0 Å². The fraction of sp³-hybridized carbons (Fsp3) is 0.571. The molecule has 2 aliphatic carbocycles. The van der Waals surface area contributed by atoms with E-state index in [-0.39, 0.29) is 37.0 Å². The molecule has 0 saturated carbocycles. The third-order valence-corrected chi connectivity index (χ3v) is 6.57. The summed E-state index contributed by atoms with van der Waals surface area (Å²) in [5.74, 6) is 0. The summed E-state index contributed by atoms with van der Waals surface area (Å²) in [7, 11) is 0. The third-order valence-electron chi connectivity index (χ3n) is 6.57. The minimum atomic E-state index is 0. The van der Waals surface area contributed by atoms with Gasteiger partial charge in [-0.1, -0.05) is 66.5 Å². The fourth-order valence-corrected chi connectivity index (χ4v) is 3.97. The van der Waals surface area contributed by atoms with Crippen molar-refractivity contribution in [2.75, 3.05) is 0 Å². The van der Waals surface area contributed by atoms with Gasteiger partial charge in [-0.05, 0) is 24.7 Å². The van der Waals surface area contributed by atoms with E-state index in [4.69, 9.17) is 0 Å². The van der Waals surface area contributed by atoms with Crippen molar-refractivity contribution in [3.8, 4) is 0 Å². The van der Waals surface area contributed by atoms with Gasteiger partial charge < -0.3 is 0 Å². The second-order valence-electron chi connectivity index (χ2n) is 7.97. The maximum absolute atomic E-state index is 2.49. The summed E-state index contributed by atoms with van der Waals surface area (Å²) < 4.78 is 0. The molecule has 0 saturated heterocycles. The Labute approximate surface area is 157 Å². The van der Waals surface area contributed by atoms with Crippen molar-refractivity contribution < 1.29 is 26.2 Å². The minimum Gasteiger partial charge on any atom is -0.161 e. The summed E-state index contributed by atoms with van der Waals surface area (Å²) in [5.41, 5.74) is 12.2. The van der Waals surface area contributed by atoms with Crippen LogP contribution in [-0.4, -0.2) is 0 Å². The molecule has 0 heterocycles. The first-order valence-electron chi connectivity index (χ1n) is 8.08. The normalized spacial score (nSPS) is 23.5. The molecule has 2 rings (SSSR count). The van der Waals surface area contributed by atoms with Gasteiger partial charge in [0.15, 0.2) is 0 Å². The fourth-order valence-electron chi connectivity index (χ4n) is 3.97. The van der Waals surface area contributed by atoms with Gasteiger partial charge >= 0.3 is 0 Å². The van der Waals surface area contributed by atoms with Crippen LogP contribution in [0.15, 0.2) is 44.6 Å². The van der Waals surface area contributed by atoms with E-state index in [1.807, 2.05) is 0 Å². The zero-order valence-corrected chi connectivity index (χ0v) is 18.5. The average Bonchev–Trinajstić information content (AvgIpc) is 2.63. The minimum absolute atomic E-state index is 0. The average molecular weight is 375 g/mol. The van der Waals surface area contributed by atoms with Crippen molar-refractivity contribution in [1.29, 1.82) is 0 Å². The Kier molecular flexibility index (Phi) is 5.36. The van der Waals surface area contributed by atoms with Crippen LogP contribution in [0.4, 0.5) is 0 Å². The van der Waals surface area contributed by atoms with Crippen LogP contribution < -0.4 is 0 Å². The summed E-state index contributed by atoms with van der Waals surface area (Å²) in [6.45, 7) is 23.1. The van der Waals surface area contributed by atoms with Crippen molar-refractivity contribution in [2.24, 2.45) is 10.8 Å². The molecule has 0 bridgehead atoms. The Balaban J connectivity index is 0.00000242. The van der Waals surface area contributed by atoms with Gasteiger partial charge in [-0.3, -0.25) is 0 Å². The molecule has 120 valence electrons. The SMILES string of the molecule is CC1=C(C)C(C)(C)C([CH-]C2=C(C)C(C)=C(C)C2(C)C)=C1C.[Zr]. The summed E-state index contributed by atoms with van der Waals surface area (Å²) in [6.07, 6.45) is 2.49. The molecule has 0 fully saturated rings. The molecular formula is C21H31Zr-. The molecule has 0 radical (unpaired) electrons. The van der Waals surface area contributed by atoms with E-state index in [1.165, 1.54) is 44.6 Å². The molecule has 0 N–H and O–H groups in total. The maximum Gasteiger partial charge on any atom is 0 e. The molecule has 0 aromatic carbocycles. The molecule has 1 heteroatoms. The van der Waals surface area contributed by atoms with E-state index in [9.17, 15) is 0 Å². The predicted octanol–water partition coefficient (Wildman–Crippen LogP) is 6.57. The van der Waals surface area contributed by atoms with E-state index >= 15 is 0 Å². The quantitative estimate of drug-likeness (QED) is 0.479. The van der Waals surface area contributed by atoms with Crippen LogP contribution in [0.1, 0.15) is 69.2 Å². The van der Waals surface area contributed by atoms with Gasteiger partial charge in [-0.2, -0.15) is 6.42 Å². The summed E-state index contributed by atoms with van der Waals surface area (Å²) in [5, 5.41) is 0. The predicted molar refractivity (Wildman–Crippen MR) is 94.0 cm³/mol. The van der Waals surface area contributed by atoms with Gasteiger partial charge in [0, 0.05) is 26.2 Å². The molecule has 0 atom stereocenters. The van der Waals surface area contributed by atoms with Crippen LogP contribution in [0, 0.1) is 17.3 Å². The zero-order chi connectivity index (χ0) is 16.3. The van der Waals surface area contributed by atoms with E-state index in [1.54, 1.807) is 0 Å².